The van der Waals surface area contributed by atoms with Gasteiger partial charge in [-0.2, -0.15) is 0 Å². The lowest BCUT2D eigenvalue weighted by molar-refractivity contribution is -0.0603. The summed E-state index contributed by atoms with van der Waals surface area (Å²) in [6.45, 7) is 2.74. The van der Waals surface area contributed by atoms with Gasteiger partial charge in [0.1, 0.15) is 11.9 Å². The molecule has 1 fully saturated rings. The van der Waals surface area contributed by atoms with Crippen LogP contribution in [-0.4, -0.2) is 52.1 Å². The molecule has 1 unspecified atom stereocenters. The Morgan fingerprint density at radius 3 is 2.62 bits per heavy atom. The predicted molar refractivity (Wildman–Crippen MR) is 98.9 cm³/mol. The Balaban J connectivity index is 1.69. The Hall–Kier alpha value is -2.54. The molecule has 134 valence electrons. The molecule has 3 heterocycles. The summed E-state index contributed by atoms with van der Waals surface area (Å²) in [6, 6.07) is 9.75. The van der Waals surface area contributed by atoms with E-state index in [2.05, 4.69) is 4.98 Å². The third-order valence-electron chi connectivity index (χ3n) is 4.92. The molecule has 1 N–H and O–H groups in total. The summed E-state index contributed by atoms with van der Waals surface area (Å²) in [6.07, 6.45) is 3.78. The minimum atomic E-state index is -0.632. The Morgan fingerprint density at radius 1 is 1.19 bits per heavy atom. The molecule has 1 aliphatic heterocycles. The van der Waals surface area contributed by atoms with Gasteiger partial charge in [0.15, 0.2) is 6.29 Å². The van der Waals surface area contributed by atoms with Gasteiger partial charge in [-0.05, 0) is 22.8 Å². The summed E-state index contributed by atoms with van der Waals surface area (Å²) in [4.78, 5) is 17.8. The van der Waals surface area contributed by atoms with Crippen molar-refractivity contribution < 1.29 is 14.6 Å². The van der Waals surface area contributed by atoms with Crippen molar-refractivity contribution in [2.45, 2.75) is 6.23 Å². The molecule has 26 heavy (non-hydrogen) atoms. The highest BCUT2D eigenvalue weighted by Gasteiger charge is 2.20. The number of aromatic nitrogens is 2. The van der Waals surface area contributed by atoms with Gasteiger partial charge < -0.3 is 14.4 Å². The van der Waals surface area contributed by atoms with Crippen LogP contribution in [0.5, 0.6) is 0 Å². The number of rotatable bonds is 4. The zero-order valence-corrected chi connectivity index (χ0v) is 14.6. The number of aliphatic hydroxyl groups excluding tert-OH is 1. The molecular formula is C20H21N3O3. The fourth-order valence-electron chi connectivity index (χ4n) is 3.53. The number of aliphatic hydroxyl groups is 1. The summed E-state index contributed by atoms with van der Waals surface area (Å²) in [5, 5.41) is 11.4. The molecular weight excluding hydrogens is 330 g/mol. The minimum absolute atomic E-state index is 0.628. The number of aldehydes is 1. The number of nitrogens with zero attached hydrogens (tertiary/aromatic N) is 3. The lowest BCUT2D eigenvalue weighted by Crippen LogP contribution is -2.38. The van der Waals surface area contributed by atoms with Crippen LogP contribution in [-0.2, 0) is 11.8 Å². The van der Waals surface area contributed by atoms with E-state index in [1.54, 1.807) is 12.4 Å². The van der Waals surface area contributed by atoms with E-state index in [0.29, 0.717) is 18.8 Å². The van der Waals surface area contributed by atoms with E-state index in [0.717, 1.165) is 47.1 Å². The van der Waals surface area contributed by atoms with E-state index in [-0.39, 0.29) is 0 Å². The van der Waals surface area contributed by atoms with Crippen molar-refractivity contribution in [2.75, 3.05) is 26.3 Å². The second kappa shape index (κ2) is 6.99. The van der Waals surface area contributed by atoms with Crippen LogP contribution in [0.1, 0.15) is 22.1 Å². The van der Waals surface area contributed by atoms with Gasteiger partial charge in [0.05, 0.1) is 13.2 Å². The van der Waals surface area contributed by atoms with Gasteiger partial charge in [-0.25, -0.2) is 4.98 Å². The van der Waals surface area contributed by atoms with Gasteiger partial charge in [0.25, 0.3) is 0 Å². The first kappa shape index (κ1) is 16.9. The number of carbonyl (C=O) groups excluding carboxylic acids is 1. The van der Waals surface area contributed by atoms with E-state index < -0.39 is 6.23 Å². The number of hydrogen-bond acceptors (Lipinski definition) is 5. The largest absolute Gasteiger partial charge is 0.379 e. The first-order valence-corrected chi connectivity index (χ1v) is 8.68. The van der Waals surface area contributed by atoms with Crippen LogP contribution < -0.4 is 0 Å². The summed E-state index contributed by atoms with van der Waals surface area (Å²) in [5.41, 5.74) is 4.21. The fraction of sp³-hybridized carbons (Fsp3) is 0.300. The molecule has 0 aliphatic carbocycles. The second-order valence-corrected chi connectivity index (χ2v) is 6.51. The highest BCUT2D eigenvalue weighted by Crippen LogP contribution is 2.31. The molecule has 1 atom stereocenters. The average molecular weight is 351 g/mol. The van der Waals surface area contributed by atoms with E-state index >= 15 is 0 Å². The fourth-order valence-corrected chi connectivity index (χ4v) is 3.53. The maximum atomic E-state index is 11.4. The van der Waals surface area contributed by atoms with Gasteiger partial charge in [0, 0.05) is 43.5 Å². The van der Waals surface area contributed by atoms with E-state index in [1.165, 1.54) is 0 Å². The Labute approximate surface area is 151 Å². The number of fused-ring (bicyclic) bond motifs is 1. The molecule has 1 aromatic carbocycles. The van der Waals surface area contributed by atoms with Gasteiger partial charge in [-0.3, -0.25) is 9.69 Å². The summed E-state index contributed by atoms with van der Waals surface area (Å²) in [5.74, 6) is 0. The monoisotopic (exact) mass is 351 g/mol. The summed E-state index contributed by atoms with van der Waals surface area (Å²) < 4.78 is 7.20. The first-order valence-electron chi connectivity index (χ1n) is 8.68. The van der Waals surface area contributed by atoms with Crippen molar-refractivity contribution in [1.29, 1.82) is 0 Å². The number of pyridine rings is 1. The molecule has 0 bridgehead atoms. The molecule has 0 spiro atoms. The van der Waals surface area contributed by atoms with Gasteiger partial charge in [-0.15, -0.1) is 0 Å². The maximum absolute atomic E-state index is 11.4. The molecule has 1 saturated heterocycles. The third-order valence-corrected chi connectivity index (χ3v) is 4.92. The van der Waals surface area contributed by atoms with Crippen LogP contribution in [0.2, 0.25) is 0 Å². The highest BCUT2D eigenvalue weighted by atomic mass is 16.5. The number of hydrogen-bond donors (Lipinski definition) is 1. The minimum Gasteiger partial charge on any atom is -0.379 e. The molecule has 0 radical (unpaired) electrons. The Kier molecular flexibility index (Phi) is 4.55. The third kappa shape index (κ3) is 2.92. The van der Waals surface area contributed by atoms with Gasteiger partial charge >= 0.3 is 0 Å². The first-order chi connectivity index (χ1) is 12.7. The standard InChI is InChI=1S/C20H21N3O3/c1-22-12-16(13-24)18-17(6-7-21-19(18)22)14-2-4-15(5-3-14)20(25)23-8-10-26-11-9-23/h2-7,12-13,20,25H,8-11H2,1H3. The number of carbonyl (C=O) groups is 1. The zero-order valence-electron chi connectivity index (χ0n) is 14.6. The predicted octanol–water partition coefficient (Wildman–Crippen LogP) is 2.38. The van der Waals surface area contributed by atoms with Gasteiger partial charge in [-0.1, -0.05) is 24.3 Å². The SMILES string of the molecule is Cn1cc(C=O)c2c(-c3ccc(C(O)N4CCOCC4)cc3)ccnc21. The molecule has 0 saturated carbocycles. The molecule has 1 aliphatic rings. The lowest BCUT2D eigenvalue weighted by atomic mass is 10.00. The van der Waals surface area contributed by atoms with Crippen molar-refractivity contribution in [1.82, 2.24) is 14.5 Å². The molecule has 2 aromatic heterocycles. The number of benzene rings is 1. The quantitative estimate of drug-likeness (QED) is 0.731. The topological polar surface area (TPSA) is 67.6 Å². The van der Waals surface area contributed by atoms with Crippen molar-refractivity contribution in [3.8, 4) is 11.1 Å². The van der Waals surface area contributed by atoms with Gasteiger partial charge in [0.2, 0.25) is 0 Å². The molecule has 3 aromatic rings. The van der Waals surface area contributed by atoms with Crippen LogP contribution in [0.4, 0.5) is 0 Å². The molecule has 4 rings (SSSR count). The van der Waals surface area contributed by atoms with Crippen molar-refractivity contribution in [2.24, 2.45) is 7.05 Å². The Bertz CT molecular complexity index is 927. The number of aryl methyl sites for hydroxylation is 1. The van der Waals surface area contributed by atoms with Crippen molar-refractivity contribution in [3.63, 3.8) is 0 Å². The van der Waals surface area contributed by atoms with Crippen LogP contribution in [0, 0.1) is 0 Å². The second-order valence-electron chi connectivity index (χ2n) is 6.51. The zero-order chi connectivity index (χ0) is 18.1. The van der Waals surface area contributed by atoms with Crippen LogP contribution in [0.3, 0.4) is 0 Å². The Morgan fingerprint density at radius 2 is 1.92 bits per heavy atom. The smallest absolute Gasteiger partial charge is 0.152 e. The number of ether oxygens (including phenoxy) is 1. The van der Waals surface area contributed by atoms with Crippen LogP contribution in [0.15, 0.2) is 42.7 Å². The normalized spacial score (nSPS) is 16.7. The lowest BCUT2D eigenvalue weighted by Gasteiger charge is -2.31. The molecule has 6 heteroatoms. The average Bonchev–Trinajstić information content (AvgIpc) is 3.04. The van der Waals surface area contributed by atoms with E-state index in [9.17, 15) is 9.90 Å². The van der Waals surface area contributed by atoms with Crippen LogP contribution in [0.25, 0.3) is 22.2 Å². The van der Waals surface area contributed by atoms with Crippen molar-refractivity contribution in [3.05, 3.63) is 53.9 Å². The summed E-state index contributed by atoms with van der Waals surface area (Å²) in [7, 11) is 1.88. The van der Waals surface area contributed by atoms with E-state index in [1.807, 2.05) is 46.8 Å². The molecule has 0 amide bonds. The van der Waals surface area contributed by atoms with Crippen molar-refractivity contribution >= 4 is 17.3 Å². The van der Waals surface area contributed by atoms with E-state index in [4.69, 9.17) is 4.74 Å². The highest BCUT2D eigenvalue weighted by molar-refractivity contribution is 6.04. The molecule has 6 nitrogen and oxygen atoms in total. The maximum Gasteiger partial charge on any atom is 0.152 e. The van der Waals surface area contributed by atoms with Crippen LogP contribution >= 0.6 is 0 Å². The summed E-state index contributed by atoms with van der Waals surface area (Å²) >= 11 is 0. The number of morpholine rings is 1.